The lowest BCUT2D eigenvalue weighted by Gasteiger charge is -2.31. The predicted octanol–water partition coefficient (Wildman–Crippen LogP) is 0.911. The zero-order valence-electron chi connectivity index (χ0n) is 8.76. The first-order chi connectivity index (χ1) is 7.29. The summed E-state index contributed by atoms with van der Waals surface area (Å²) in [5.41, 5.74) is 0.637. The van der Waals surface area contributed by atoms with Gasteiger partial charge >= 0.3 is 0 Å². The van der Waals surface area contributed by atoms with E-state index in [2.05, 4.69) is 21.8 Å². The molecule has 1 unspecified atom stereocenters. The lowest BCUT2D eigenvalue weighted by molar-refractivity contribution is 0.276. The molecular weight excluding hydrogens is 210 g/mol. The van der Waals surface area contributed by atoms with E-state index >= 15 is 0 Å². The average molecular weight is 225 g/mol. The van der Waals surface area contributed by atoms with Gasteiger partial charge in [0.25, 0.3) is 0 Å². The number of nitrogens with zero attached hydrogens (tertiary/aromatic N) is 3. The van der Waals surface area contributed by atoms with Gasteiger partial charge in [-0.1, -0.05) is 6.92 Å². The van der Waals surface area contributed by atoms with Crippen LogP contribution in [-0.4, -0.2) is 39.2 Å². The van der Waals surface area contributed by atoms with Crippen molar-refractivity contribution in [3.63, 3.8) is 0 Å². The van der Waals surface area contributed by atoms with Gasteiger partial charge in [0.2, 0.25) is 0 Å². The minimum atomic E-state index is -0.0427. The number of thioether (sulfide) groups is 1. The third-order valence-electron chi connectivity index (χ3n) is 2.40. The van der Waals surface area contributed by atoms with Gasteiger partial charge in [-0.05, 0) is 0 Å². The van der Waals surface area contributed by atoms with E-state index < -0.39 is 0 Å². The number of anilines is 1. The summed E-state index contributed by atoms with van der Waals surface area (Å²) in [4.78, 5) is 10.7. The Bertz CT molecular complexity index is 334. The van der Waals surface area contributed by atoms with Crippen molar-refractivity contribution >= 4 is 17.6 Å². The standard InChI is InChI=1S/C10H15N3OS/c1-8-6-13(2-3-15-8)10-5-11-4-9(7-14)12-10/h4-5,8,14H,2-3,6-7H2,1H3. The van der Waals surface area contributed by atoms with Crippen molar-refractivity contribution in [3.8, 4) is 0 Å². The van der Waals surface area contributed by atoms with Crippen LogP contribution in [0.25, 0.3) is 0 Å². The summed E-state index contributed by atoms with van der Waals surface area (Å²) in [7, 11) is 0. The molecule has 1 aromatic rings. The Hall–Kier alpha value is -0.810. The van der Waals surface area contributed by atoms with Crippen LogP contribution >= 0.6 is 11.8 Å². The Morgan fingerprint density at radius 3 is 3.20 bits per heavy atom. The molecule has 1 aromatic heterocycles. The van der Waals surface area contributed by atoms with Crippen LogP contribution in [0.3, 0.4) is 0 Å². The second-order valence-corrected chi connectivity index (χ2v) is 5.20. The third kappa shape index (κ3) is 2.60. The molecule has 0 aromatic carbocycles. The third-order valence-corrected chi connectivity index (χ3v) is 3.54. The summed E-state index contributed by atoms with van der Waals surface area (Å²) < 4.78 is 0. The molecule has 1 atom stereocenters. The lowest BCUT2D eigenvalue weighted by Crippen LogP contribution is -2.37. The molecule has 5 heteroatoms. The molecule has 0 bridgehead atoms. The SMILES string of the molecule is CC1CN(c2cncc(CO)n2)CCS1. The van der Waals surface area contributed by atoms with E-state index in [1.54, 1.807) is 12.4 Å². The quantitative estimate of drug-likeness (QED) is 0.810. The highest BCUT2D eigenvalue weighted by atomic mass is 32.2. The average Bonchev–Trinajstić information content (AvgIpc) is 2.29. The zero-order chi connectivity index (χ0) is 10.7. The molecule has 1 saturated heterocycles. The Kier molecular flexibility index (Phi) is 3.43. The van der Waals surface area contributed by atoms with Crippen LogP contribution in [0.1, 0.15) is 12.6 Å². The molecule has 0 amide bonds. The maximum absolute atomic E-state index is 8.99. The van der Waals surface area contributed by atoms with Crippen LogP contribution in [0.15, 0.2) is 12.4 Å². The van der Waals surface area contributed by atoms with E-state index in [1.807, 2.05) is 11.8 Å². The van der Waals surface area contributed by atoms with E-state index in [9.17, 15) is 0 Å². The molecular formula is C10H15N3OS. The van der Waals surface area contributed by atoms with E-state index in [-0.39, 0.29) is 6.61 Å². The van der Waals surface area contributed by atoms with Crippen molar-refractivity contribution in [2.45, 2.75) is 18.8 Å². The molecule has 1 fully saturated rings. The normalized spacial score (nSPS) is 21.7. The van der Waals surface area contributed by atoms with Crippen LogP contribution in [0.2, 0.25) is 0 Å². The Morgan fingerprint density at radius 1 is 1.60 bits per heavy atom. The summed E-state index contributed by atoms with van der Waals surface area (Å²) in [6, 6.07) is 0. The first-order valence-corrected chi connectivity index (χ1v) is 6.13. The predicted molar refractivity (Wildman–Crippen MR) is 62.1 cm³/mol. The second-order valence-electron chi connectivity index (χ2n) is 3.65. The van der Waals surface area contributed by atoms with Gasteiger partial charge in [0.1, 0.15) is 5.82 Å². The van der Waals surface area contributed by atoms with E-state index in [0.29, 0.717) is 10.9 Å². The maximum Gasteiger partial charge on any atom is 0.147 e. The molecule has 1 aliphatic rings. The van der Waals surface area contributed by atoms with Crippen molar-refractivity contribution < 1.29 is 5.11 Å². The number of rotatable bonds is 2. The fourth-order valence-corrected chi connectivity index (χ4v) is 2.66. The van der Waals surface area contributed by atoms with Crippen LogP contribution in [0.5, 0.6) is 0 Å². The summed E-state index contributed by atoms with van der Waals surface area (Å²) >= 11 is 1.99. The number of aliphatic hydroxyl groups is 1. The van der Waals surface area contributed by atoms with Crippen molar-refractivity contribution in [2.24, 2.45) is 0 Å². The molecule has 0 spiro atoms. The number of aliphatic hydroxyl groups excluding tert-OH is 1. The lowest BCUT2D eigenvalue weighted by atomic mass is 10.3. The van der Waals surface area contributed by atoms with Gasteiger partial charge in [0.05, 0.1) is 24.7 Å². The van der Waals surface area contributed by atoms with E-state index in [1.165, 1.54) is 0 Å². The van der Waals surface area contributed by atoms with Gasteiger partial charge in [-0.2, -0.15) is 11.8 Å². The van der Waals surface area contributed by atoms with Gasteiger partial charge in [0, 0.05) is 24.1 Å². The minimum absolute atomic E-state index is 0.0427. The Labute approximate surface area is 93.7 Å². The number of hydrogen-bond donors (Lipinski definition) is 1. The zero-order valence-corrected chi connectivity index (χ0v) is 9.57. The molecule has 1 N–H and O–H groups in total. The van der Waals surface area contributed by atoms with E-state index in [0.717, 1.165) is 24.7 Å². The fourth-order valence-electron chi connectivity index (χ4n) is 1.65. The van der Waals surface area contributed by atoms with Crippen molar-refractivity contribution in [1.82, 2.24) is 9.97 Å². The van der Waals surface area contributed by atoms with Crippen molar-refractivity contribution in [2.75, 3.05) is 23.7 Å². The molecule has 82 valence electrons. The molecule has 0 radical (unpaired) electrons. The number of hydrogen-bond acceptors (Lipinski definition) is 5. The first-order valence-electron chi connectivity index (χ1n) is 5.08. The van der Waals surface area contributed by atoms with Gasteiger partial charge in [-0.25, -0.2) is 4.98 Å². The van der Waals surface area contributed by atoms with Crippen LogP contribution < -0.4 is 4.90 Å². The highest BCUT2D eigenvalue weighted by Crippen LogP contribution is 2.21. The Morgan fingerprint density at radius 2 is 2.47 bits per heavy atom. The van der Waals surface area contributed by atoms with Gasteiger partial charge in [-0.15, -0.1) is 0 Å². The van der Waals surface area contributed by atoms with Gasteiger partial charge in [0.15, 0.2) is 0 Å². The fraction of sp³-hybridized carbons (Fsp3) is 0.600. The second kappa shape index (κ2) is 4.81. The molecule has 2 rings (SSSR count). The van der Waals surface area contributed by atoms with Crippen LogP contribution in [0.4, 0.5) is 5.82 Å². The monoisotopic (exact) mass is 225 g/mol. The molecule has 15 heavy (non-hydrogen) atoms. The topological polar surface area (TPSA) is 49.2 Å². The molecule has 2 heterocycles. The Balaban J connectivity index is 2.13. The van der Waals surface area contributed by atoms with Gasteiger partial charge in [-0.3, -0.25) is 4.98 Å². The summed E-state index contributed by atoms with van der Waals surface area (Å²) in [6.07, 6.45) is 3.37. The van der Waals surface area contributed by atoms with Crippen LogP contribution in [-0.2, 0) is 6.61 Å². The maximum atomic E-state index is 8.99. The van der Waals surface area contributed by atoms with E-state index in [4.69, 9.17) is 5.11 Å². The van der Waals surface area contributed by atoms with Crippen LogP contribution in [0, 0.1) is 0 Å². The molecule has 0 saturated carbocycles. The first kappa shape index (κ1) is 10.7. The summed E-state index contributed by atoms with van der Waals surface area (Å²) in [5, 5.41) is 9.62. The van der Waals surface area contributed by atoms with Crippen molar-refractivity contribution in [1.29, 1.82) is 0 Å². The van der Waals surface area contributed by atoms with Gasteiger partial charge < -0.3 is 10.0 Å². The highest BCUT2D eigenvalue weighted by molar-refractivity contribution is 8.00. The van der Waals surface area contributed by atoms with Crippen molar-refractivity contribution in [3.05, 3.63) is 18.1 Å². The largest absolute Gasteiger partial charge is 0.390 e. The smallest absolute Gasteiger partial charge is 0.147 e. The minimum Gasteiger partial charge on any atom is -0.390 e. The molecule has 1 aliphatic heterocycles. The highest BCUT2D eigenvalue weighted by Gasteiger charge is 2.18. The molecule has 4 nitrogen and oxygen atoms in total. The summed E-state index contributed by atoms with van der Waals surface area (Å²) in [6.45, 7) is 4.20. The molecule has 0 aliphatic carbocycles. The number of aromatic nitrogens is 2. The summed E-state index contributed by atoms with van der Waals surface area (Å²) in [5.74, 6) is 2.01.